The van der Waals surface area contributed by atoms with Crippen LogP contribution in [-0.4, -0.2) is 48.1 Å². The summed E-state index contributed by atoms with van der Waals surface area (Å²) in [5.74, 6) is -0.529. The van der Waals surface area contributed by atoms with Gasteiger partial charge in [-0.3, -0.25) is 9.59 Å². The Morgan fingerprint density at radius 3 is 2.62 bits per heavy atom. The smallest absolute Gasteiger partial charge is 0.303 e. The Balaban J connectivity index is 2.23. The maximum absolute atomic E-state index is 11.8. The Labute approximate surface area is 95.8 Å². The lowest BCUT2D eigenvalue weighted by Gasteiger charge is -2.40. The molecule has 0 saturated carbocycles. The fourth-order valence-corrected chi connectivity index (χ4v) is 1.89. The summed E-state index contributed by atoms with van der Waals surface area (Å²) in [5.41, 5.74) is 0. The Morgan fingerprint density at radius 1 is 1.50 bits per heavy atom. The molecule has 1 saturated heterocycles. The van der Waals surface area contributed by atoms with Gasteiger partial charge in [0.05, 0.1) is 6.42 Å². The van der Waals surface area contributed by atoms with Gasteiger partial charge in [0.2, 0.25) is 5.91 Å². The Bertz CT molecular complexity index is 262. The van der Waals surface area contributed by atoms with Gasteiger partial charge in [0.1, 0.15) is 0 Å². The first-order chi connectivity index (χ1) is 7.54. The summed E-state index contributed by atoms with van der Waals surface area (Å²) in [6, 6.07) is 0. The van der Waals surface area contributed by atoms with Gasteiger partial charge in [0.25, 0.3) is 0 Å². The number of nitrogens with one attached hydrogen (secondary N) is 1. The summed E-state index contributed by atoms with van der Waals surface area (Å²) in [5, 5.41) is 11.7. The van der Waals surface area contributed by atoms with Gasteiger partial charge < -0.3 is 15.3 Å². The van der Waals surface area contributed by atoms with Crippen LogP contribution in [0.1, 0.15) is 20.3 Å². The lowest BCUT2D eigenvalue weighted by molar-refractivity contribution is -0.147. The number of carbonyl (C=O) groups excluding carboxylic acids is 1. The summed E-state index contributed by atoms with van der Waals surface area (Å²) < 4.78 is 0. The number of carboxylic acid groups (broad SMARTS) is 1. The third-order valence-corrected chi connectivity index (χ3v) is 2.85. The molecule has 0 bridgehead atoms. The molecule has 1 rings (SSSR count). The van der Waals surface area contributed by atoms with Crippen LogP contribution in [-0.2, 0) is 9.59 Å². The summed E-state index contributed by atoms with van der Waals surface area (Å²) >= 11 is 0. The molecule has 1 heterocycles. The normalized spacial score (nSPS) is 18.0. The third kappa shape index (κ3) is 3.48. The maximum Gasteiger partial charge on any atom is 0.303 e. The van der Waals surface area contributed by atoms with Crippen LogP contribution in [0.2, 0.25) is 0 Å². The van der Waals surface area contributed by atoms with E-state index in [1.807, 2.05) is 13.8 Å². The van der Waals surface area contributed by atoms with E-state index >= 15 is 0 Å². The standard InChI is InChI=1S/C11H20N2O3/c1-3-12-5-8(2)11(16)13-6-9(7-13)4-10(14)15/h8-9,12H,3-7H2,1-2H3,(H,14,15). The summed E-state index contributed by atoms with van der Waals surface area (Å²) in [6.07, 6.45) is 0.172. The van der Waals surface area contributed by atoms with E-state index in [1.54, 1.807) is 4.90 Å². The van der Waals surface area contributed by atoms with Gasteiger partial charge >= 0.3 is 5.97 Å². The average molecular weight is 228 g/mol. The van der Waals surface area contributed by atoms with Gasteiger partial charge in [-0.2, -0.15) is 0 Å². The van der Waals surface area contributed by atoms with Crippen LogP contribution in [0.25, 0.3) is 0 Å². The van der Waals surface area contributed by atoms with Crippen molar-refractivity contribution >= 4 is 11.9 Å². The molecule has 0 radical (unpaired) electrons. The second-order valence-corrected chi connectivity index (χ2v) is 4.42. The number of amides is 1. The molecular formula is C11H20N2O3. The second-order valence-electron chi connectivity index (χ2n) is 4.42. The molecule has 5 nitrogen and oxygen atoms in total. The van der Waals surface area contributed by atoms with E-state index < -0.39 is 5.97 Å². The van der Waals surface area contributed by atoms with Crippen molar-refractivity contribution in [3.05, 3.63) is 0 Å². The van der Waals surface area contributed by atoms with E-state index in [2.05, 4.69) is 5.32 Å². The first-order valence-electron chi connectivity index (χ1n) is 5.75. The van der Waals surface area contributed by atoms with Gasteiger partial charge in [-0.1, -0.05) is 13.8 Å². The Kier molecular flexibility index (Phi) is 4.73. The van der Waals surface area contributed by atoms with E-state index in [1.165, 1.54) is 0 Å². The summed E-state index contributed by atoms with van der Waals surface area (Å²) in [7, 11) is 0. The Morgan fingerprint density at radius 2 is 2.12 bits per heavy atom. The van der Waals surface area contributed by atoms with Crippen molar-refractivity contribution < 1.29 is 14.7 Å². The van der Waals surface area contributed by atoms with Crippen LogP contribution in [0.4, 0.5) is 0 Å². The van der Waals surface area contributed by atoms with Crippen molar-refractivity contribution in [2.24, 2.45) is 11.8 Å². The minimum atomic E-state index is -0.780. The number of rotatable bonds is 6. The molecule has 2 N–H and O–H groups in total. The number of nitrogens with zero attached hydrogens (tertiary/aromatic N) is 1. The zero-order valence-corrected chi connectivity index (χ0v) is 9.90. The van der Waals surface area contributed by atoms with Crippen molar-refractivity contribution in [1.29, 1.82) is 0 Å². The zero-order valence-electron chi connectivity index (χ0n) is 9.90. The van der Waals surface area contributed by atoms with Gasteiger partial charge in [-0.25, -0.2) is 0 Å². The van der Waals surface area contributed by atoms with Crippen molar-refractivity contribution in [2.45, 2.75) is 20.3 Å². The van der Waals surface area contributed by atoms with E-state index in [0.717, 1.165) is 6.54 Å². The molecule has 0 aromatic rings. The number of aliphatic carboxylic acids is 1. The highest BCUT2D eigenvalue weighted by Crippen LogP contribution is 2.20. The van der Waals surface area contributed by atoms with E-state index in [9.17, 15) is 9.59 Å². The Hall–Kier alpha value is -1.10. The quantitative estimate of drug-likeness (QED) is 0.679. The first kappa shape index (κ1) is 13.0. The van der Waals surface area contributed by atoms with Gasteiger partial charge in [0.15, 0.2) is 0 Å². The molecule has 1 aliphatic rings. The van der Waals surface area contributed by atoms with Gasteiger partial charge in [-0.05, 0) is 6.54 Å². The molecule has 0 spiro atoms. The van der Waals surface area contributed by atoms with E-state index in [-0.39, 0.29) is 24.2 Å². The topological polar surface area (TPSA) is 69.6 Å². The van der Waals surface area contributed by atoms with Crippen molar-refractivity contribution in [1.82, 2.24) is 10.2 Å². The highest BCUT2D eigenvalue weighted by molar-refractivity contribution is 5.79. The maximum atomic E-state index is 11.8. The van der Waals surface area contributed by atoms with Crippen LogP contribution in [0.15, 0.2) is 0 Å². The highest BCUT2D eigenvalue weighted by Gasteiger charge is 2.33. The monoisotopic (exact) mass is 228 g/mol. The number of likely N-dealkylation sites (tertiary alicyclic amines) is 1. The SMILES string of the molecule is CCNCC(C)C(=O)N1CC(CC(=O)O)C1. The van der Waals surface area contributed by atoms with Crippen LogP contribution >= 0.6 is 0 Å². The lowest BCUT2D eigenvalue weighted by atomic mass is 9.94. The van der Waals surface area contributed by atoms with Crippen LogP contribution in [0.3, 0.4) is 0 Å². The number of carbonyl (C=O) groups is 2. The molecule has 1 fully saturated rings. The molecule has 1 aliphatic heterocycles. The van der Waals surface area contributed by atoms with Crippen LogP contribution in [0, 0.1) is 11.8 Å². The summed E-state index contributed by atoms with van der Waals surface area (Å²) in [4.78, 5) is 24.0. The van der Waals surface area contributed by atoms with Gasteiger partial charge in [0, 0.05) is 31.5 Å². The fourth-order valence-electron chi connectivity index (χ4n) is 1.89. The van der Waals surface area contributed by atoms with E-state index in [4.69, 9.17) is 5.11 Å². The van der Waals surface area contributed by atoms with Crippen LogP contribution in [0.5, 0.6) is 0 Å². The summed E-state index contributed by atoms with van der Waals surface area (Å²) in [6.45, 7) is 6.65. The average Bonchev–Trinajstić information content (AvgIpc) is 2.18. The minimum Gasteiger partial charge on any atom is -0.481 e. The second kappa shape index (κ2) is 5.84. The predicted molar refractivity (Wildman–Crippen MR) is 60.0 cm³/mol. The van der Waals surface area contributed by atoms with Crippen molar-refractivity contribution in [3.63, 3.8) is 0 Å². The molecule has 92 valence electrons. The molecule has 1 unspecified atom stereocenters. The minimum absolute atomic E-state index is 0.0225. The molecular weight excluding hydrogens is 208 g/mol. The largest absolute Gasteiger partial charge is 0.481 e. The highest BCUT2D eigenvalue weighted by atomic mass is 16.4. The van der Waals surface area contributed by atoms with E-state index in [0.29, 0.717) is 19.6 Å². The fraction of sp³-hybridized carbons (Fsp3) is 0.818. The zero-order chi connectivity index (χ0) is 12.1. The third-order valence-electron chi connectivity index (χ3n) is 2.85. The molecule has 1 atom stereocenters. The molecule has 5 heteroatoms. The number of hydrogen-bond acceptors (Lipinski definition) is 3. The molecule has 1 amide bonds. The molecule has 16 heavy (non-hydrogen) atoms. The van der Waals surface area contributed by atoms with Crippen molar-refractivity contribution in [2.75, 3.05) is 26.2 Å². The number of carboxylic acids is 1. The molecule has 0 aromatic heterocycles. The molecule has 0 aromatic carbocycles. The predicted octanol–water partition coefficient (Wildman–Crippen LogP) is 0.165. The van der Waals surface area contributed by atoms with Crippen LogP contribution < -0.4 is 5.32 Å². The first-order valence-corrected chi connectivity index (χ1v) is 5.75. The van der Waals surface area contributed by atoms with Gasteiger partial charge in [-0.15, -0.1) is 0 Å². The van der Waals surface area contributed by atoms with Crippen molar-refractivity contribution in [3.8, 4) is 0 Å². The number of hydrogen-bond donors (Lipinski definition) is 2. The molecule has 0 aliphatic carbocycles. The lowest BCUT2D eigenvalue weighted by Crippen LogP contribution is -2.53.